The molecule has 1 amide bonds. The molecule has 0 heterocycles. The van der Waals surface area contributed by atoms with Crippen molar-refractivity contribution in [3.05, 3.63) is 33.8 Å². The molecule has 1 aromatic carbocycles. The Labute approximate surface area is 104 Å². The summed E-state index contributed by atoms with van der Waals surface area (Å²) in [4.78, 5) is 11.9. The van der Waals surface area contributed by atoms with Crippen molar-refractivity contribution in [1.82, 2.24) is 5.12 Å². The zero-order valence-corrected chi connectivity index (χ0v) is 11.4. The largest absolute Gasteiger partial charge is 0.282 e. The van der Waals surface area contributed by atoms with Crippen LogP contribution in [0.1, 0.15) is 36.7 Å². The minimum Gasteiger partial charge on any atom is -0.266 e. The monoisotopic (exact) mass is 287 g/mol. The Morgan fingerprint density at radius 3 is 2.44 bits per heavy atom. The molecular formula is C12H15BrFNO. The van der Waals surface area contributed by atoms with Gasteiger partial charge in [0.25, 0.3) is 5.91 Å². The van der Waals surface area contributed by atoms with Gasteiger partial charge >= 0.3 is 0 Å². The van der Waals surface area contributed by atoms with Gasteiger partial charge in [-0.3, -0.25) is 4.79 Å². The lowest BCUT2D eigenvalue weighted by Gasteiger charge is -2.27. The maximum absolute atomic E-state index is 13.8. The van der Waals surface area contributed by atoms with Crippen molar-refractivity contribution < 1.29 is 9.28 Å². The molecule has 2 nitrogen and oxygen atoms in total. The van der Waals surface area contributed by atoms with Gasteiger partial charge in [-0.15, -0.1) is 0 Å². The van der Waals surface area contributed by atoms with Crippen LogP contribution in [0.2, 0.25) is 0 Å². The van der Waals surface area contributed by atoms with Crippen LogP contribution < -0.4 is 0 Å². The van der Waals surface area contributed by atoms with Gasteiger partial charge in [0.2, 0.25) is 0 Å². The Morgan fingerprint density at radius 1 is 1.38 bits per heavy atom. The Kier molecular flexibility index (Phi) is 3.73. The van der Waals surface area contributed by atoms with Crippen molar-refractivity contribution >= 4 is 21.8 Å². The first-order chi connectivity index (χ1) is 7.23. The van der Waals surface area contributed by atoms with E-state index in [2.05, 4.69) is 15.9 Å². The number of nitrogens with zero attached hydrogens (tertiary/aromatic N) is 1. The second kappa shape index (κ2) is 4.53. The molecule has 0 aliphatic heterocycles. The number of rotatable bonds is 1. The van der Waals surface area contributed by atoms with Crippen LogP contribution in [0.3, 0.4) is 0 Å². The van der Waals surface area contributed by atoms with E-state index in [-0.39, 0.29) is 5.12 Å². The second-order valence-electron chi connectivity index (χ2n) is 4.72. The molecule has 0 unspecified atom stereocenters. The molecule has 0 radical (unpaired) electrons. The van der Waals surface area contributed by atoms with Gasteiger partial charge in [-0.2, -0.15) is 5.12 Å². The summed E-state index contributed by atoms with van der Waals surface area (Å²) in [6.07, 6.45) is 0. The summed E-state index contributed by atoms with van der Waals surface area (Å²) in [5, 5.41) is 0.266. The van der Waals surface area contributed by atoms with Crippen molar-refractivity contribution in [3.8, 4) is 0 Å². The zero-order valence-electron chi connectivity index (χ0n) is 9.84. The fourth-order valence-corrected chi connectivity index (χ4v) is 1.60. The molecule has 0 atom stereocenters. The number of carbonyl (C=O) groups is 1. The predicted molar refractivity (Wildman–Crippen MR) is 65.9 cm³/mol. The summed E-state index contributed by atoms with van der Waals surface area (Å²) in [6.45, 7) is 6.74. The lowest BCUT2D eigenvalue weighted by atomic mass is 10.0. The van der Waals surface area contributed by atoms with E-state index in [0.717, 1.165) is 10.0 Å². The van der Waals surface area contributed by atoms with Crippen LogP contribution in [0.25, 0.3) is 0 Å². The van der Waals surface area contributed by atoms with Crippen molar-refractivity contribution in [2.45, 2.75) is 33.2 Å². The van der Waals surface area contributed by atoms with E-state index in [9.17, 15) is 9.28 Å². The van der Waals surface area contributed by atoms with Gasteiger partial charge in [0.15, 0.2) is 0 Å². The van der Waals surface area contributed by atoms with Gasteiger partial charge in [-0.1, -0.05) is 26.5 Å². The van der Waals surface area contributed by atoms with Crippen molar-refractivity contribution in [3.63, 3.8) is 0 Å². The number of hydrogen-bond acceptors (Lipinski definition) is 1. The molecule has 4 heteroatoms. The van der Waals surface area contributed by atoms with E-state index in [0.29, 0.717) is 5.56 Å². The molecule has 0 aromatic heterocycles. The molecule has 0 spiro atoms. The van der Waals surface area contributed by atoms with E-state index < -0.39 is 11.4 Å². The summed E-state index contributed by atoms with van der Waals surface area (Å²) in [5.74, 6) is -0.605. The van der Waals surface area contributed by atoms with Crippen LogP contribution in [0, 0.1) is 6.92 Å². The summed E-state index contributed by atoms with van der Waals surface area (Å²) >= 11 is 3.27. The topological polar surface area (TPSA) is 20.3 Å². The number of halogens is 2. The van der Waals surface area contributed by atoms with Gasteiger partial charge in [-0.25, -0.2) is 0 Å². The molecule has 16 heavy (non-hydrogen) atoms. The molecule has 0 saturated heterocycles. The highest BCUT2D eigenvalue weighted by Gasteiger charge is 2.28. The summed E-state index contributed by atoms with van der Waals surface area (Å²) < 4.78 is 14.5. The van der Waals surface area contributed by atoms with Crippen LogP contribution >= 0.6 is 15.9 Å². The third-order valence-electron chi connectivity index (χ3n) is 2.20. The third-order valence-corrected chi connectivity index (χ3v) is 2.69. The fourth-order valence-electron chi connectivity index (χ4n) is 1.24. The first-order valence-electron chi connectivity index (χ1n) is 5.00. The van der Waals surface area contributed by atoms with E-state index in [1.165, 1.54) is 0 Å². The van der Waals surface area contributed by atoms with E-state index >= 15 is 0 Å². The molecule has 1 aromatic rings. The molecule has 88 valence electrons. The molecule has 0 fully saturated rings. The number of hydrogen-bond donors (Lipinski definition) is 0. The minimum absolute atomic E-state index is 0.266. The van der Waals surface area contributed by atoms with Gasteiger partial charge in [-0.05, 0) is 45.4 Å². The van der Waals surface area contributed by atoms with Crippen LogP contribution in [0.4, 0.5) is 4.48 Å². The lowest BCUT2D eigenvalue weighted by molar-refractivity contribution is -0.0322. The maximum atomic E-state index is 13.8. The molecule has 0 aliphatic rings. The van der Waals surface area contributed by atoms with Gasteiger partial charge in [0.1, 0.15) is 0 Å². The highest BCUT2D eigenvalue weighted by atomic mass is 79.9. The Morgan fingerprint density at radius 2 is 1.94 bits per heavy atom. The van der Waals surface area contributed by atoms with Crippen LogP contribution in [0.15, 0.2) is 22.7 Å². The lowest BCUT2D eigenvalue weighted by Crippen LogP contribution is -2.39. The van der Waals surface area contributed by atoms with Crippen LogP contribution in [-0.4, -0.2) is 16.6 Å². The number of carbonyl (C=O) groups excluding carboxylic acids is 1. The summed E-state index contributed by atoms with van der Waals surface area (Å²) in [7, 11) is 0. The Balaban J connectivity index is 3.10. The van der Waals surface area contributed by atoms with E-state index in [4.69, 9.17) is 0 Å². The number of benzene rings is 1. The molecular weight excluding hydrogens is 273 g/mol. The SMILES string of the molecule is Cc1ccc(Br)cc1C(=O)N(F)C(C)(C)C. The van der Waals surface area contributed by atoms with Crippen molar-refractivity contribution in [2.24, 2.45) is 0 Å². The third kappa shape index (κ3) is 2.82. The number of aryl methyl sites for hydroxylation is 1. The molecule has 1 rings (SSSR count). The number of amides is 1. The maximum Gasteiger partial charge on any atom is 0.282 e. The molecule has 0 N–H and O–H groups in total. The minimum atomic E-state index is -0.828. The summed E-state index contributed by atoms with van der Waals surface area (Å²) in [6, 6.07) is 5.25. The standard InChI is InChI=1S/C12H15BrFNO/c1-8-5-6-9(13)7-10(8)11(16)15(14)12(2,3)4/h5-7H,1-4H3. The quantitative estimate of drug-likeness (QED) is 0.718. The average molecular weight is 288 g/mol. The fraction of sp³-hybridized carbons (Fsp3) is 0.417. The first-order valence-corrected chi connectivity index (χ1v) is 5.79. The van der Waals surface area contributed by atoms with E-state index in [1.54, 1.807) is 39.8 Å². The second-order valence-corrected chi connectivity index (χ2v) is 5.63. The predicted octanol–water partition coefficient (Wildman–Crippen LogP) is 3.88. The molecule has 0 saturated carbocycles. The van der Waals surface area contributed by atoms with Gasteiger partial charge in [0, 0.05) is 10.0 Å². The summed E-state index contributed by atoms with van der Waals surface area (Å²) in [5.41, 5.74) is 0.318. The smallest absolute Gasteiger partial charge is 0.266 e. The van der Waals surface area contributed by atoms with E-state index in [1.807, 2.05) is 6.07 Å². The normalized spacial score (nSPS) is 11.4. The van der Waals surface area contributed by atoms with Gasteiger partial charge < -0.3 is 0 Å². The van der Waals surface area contributed by atoms with Gasteiger partial charge in [0.05, 0.1) is 5.54 Å². The Bertz CT molecular complexity index is 412. The highest BCUT2D eigenvalue weighted by Crippen LogP contribution is 2.22. The molecule has 0 aliphatic carbocycles. The first kappa shape index (κ1) is 13.2. The zero-order chi connectivity index (χ0) is 12.5. The molecule has 0 bridgehead atoms. The van der Waals surface area contributed by atoms with Crippen molar-refractivity contribution in [1.29, 1.82) is 0 Å². The van der Waals surface area contributed by atoms with Crippen LogP contribution in [0.5, 0.6) is 0 Å². The van der Waals surface area contributed by atoms with Crippen molar-refractivity contribution in [2.75, 3.05) is 0 Å². The highest BCUT2D eigenvalue weighted by molar-refractivity contribution is 9.10. The average Bonchev–Trinajstić information content (AvgIpc) is 2.18. The van der Waals surface area contributed by atoms with Crippen LogP contribution in [-0.2, 0) is 0 Å². The Hall–Kier alpha value is -0.900.